The molecule has 0 bridgehead atoms. The monoisotopic (exact) mass is 287 g/mol. The van der Waals surface area contributed by atoms with Gasteiger partial charge >= 0.3 is 0 Å². The van der Waals surface area contributed by atoms with E-state index in [0.717, 1.165) is 18.7 Å². The minimum Gasteiger partial charge on any atom is -0.377 e. The zero-order chi connectivity index (χ0) is 15.5. The van der Waals surface area contributed by atoms with Crippen molar-refractivity contribution in [2.24, 2.45) is 5.92 Å². The van der Waals surface area contributed by atoms with E-state index in [0.29, 0.717) is 12.6 Å². The standard InChI is InChI=1S/C18H26N2O/c1-15-14-20(4)16(2)13-18(15,21)11-8-12-19(3)17-9-6-5-7-10-17/h5-7,9-10,15-16,21H,12-14H2,1-4H3/p+1/t15-,16-,18-/m1/s1. The molecule has 114 valence electrons. The molecule has 1 unspecified atom stereocenters. The topological polar surface area (TPSA) is 27.9 Å². The number of anilines is 1. The lowest BCUT2D eigenvalue weighted by Gasteiger charge is -2.40. The summed E-state index contributed by atoms with van der Waals surface area (Å²) in [5.41, 5.74) is 0.309. The van der Waals surface area contributed by atoms with Crippen LogP contribution in [0.4, 0.5) is 5.69 Å². The Bertz CT molecular complexity index is 519. The highest BCUT2D eigenvalue weighted by Crippen LogP contribution is 2.24. The van der Waals surface area contributed by atoms with Crippen molar-refractivity contribution in [1.82, 2.24) is 0 Å². The quantitative estimate of drug-likeness (QED) is 0.788. The summed E-state index contributed by atoms with van der Waals surface area (Å²) in [5.74, 6) is 6.54. The summed E-state index contributed by atoms with van der Waals surface area (Å²) >= 11 is 0. The Morgan fingerprint density at radius 3 is 2.67 bits per heavy atom. The highest BCUT2D eigenvalue weighted by atomic mass is 16.3. The molecule has 1 saturated heterocycles. The van der Waals surface area contributed by atoms with Gasteiger partial charge in [0.1, 0.15) is 5.60 Å². The predicted molar refractivity (Wildman–Crippen MR) is 87.4 cm³/mol. The molecule has 1 fully saturated rings. The third kappa shape index (κ3) is 3.78. The summed E-state index contributed by atoms with van der Waals surface area (Å²) in [6.45, 7) is 5.89. The van der Waals surface area contributed by atoms with E-state index < -0.39 is 5.60 Å². The van der Waals surface area contributed by atoms with E-state index in [1.807, 2.05) is 25.2 Å². The minimum absolute atomic E-state index is 0.211. The second-order valence-corrected chi connectivity index (χ2v) is 6.47. The van der Waals surface area contributed by atoms with Crippen LogP contribution in [0.3, 0.4) is 0 Å². The molecule has 2 rings (SSSR count). The van der Waals surface area contributed by atoms with Crippen LogP contribution in [0.2, 0.25) is 0 Å². The largest absolute Gasteiger partial charge is 0.377 e. The average Bonchev–Trinajstić information content (AvgIpc) is 2.46. The van der Waals surface area contributed by atoms with Gasteiger partial charge in [-0.25, -0.2) is 0 Å². The zero-order valence-electron chi connectivity index (χ0n) is 13.6. The molecule has 2 N–H and O–H groups in total. The molecule has 0 aromatic heterocycles. The average molecular weight is 287 g/mol. The molecule has 0 aliphatic carbocycles. The highest BCUT2D eigenvalue weighted by Gasteiger charge is 2.42. The number of rotatable bonds is 2. The molecule has 1 aromatic rings. The van der Waals surface area contributed by atoms with Gasteiger partial charge in [0.25, 0.3) is 0 Å². The number of aliphatic hydroxyl groups is 1. The summed E-state index contributed by atoms with van der Waals surface area (Å²) in [7, 11) is 4.22. The van der Waals surface area contributed by atoms with Crippen molar-refractivity contribution in [2.75, 3.05) is 32.1 Å². The number of para-hydroxylation sites is 1. The summed E-state index contributed by atoms with van der Waals surface area (Å²) in [5, 5.41) is 10.8. The lowest BCUT2D eigenvalue weighted by Crippen LogP contribution is -3.15. The number of quaternary nitrogens is 1. The Balaban J connectivity index is 2.01. The second kappa shape index (κ2) is 6.51. The van der Waals surface area contributed by atoms with Crippen molar-refractivity contribution in [3.63, 3.8) is 0 Å². The van der Waals surface area contributed by atoms with Gasteiger partial charge < -0.3 is 14.9 Å². The third-order valence-corrected chi connectivity index (χ3v) is 4.72. The molecular formula is C18H27N2O+. The van der Waals surface area contributed by atoms with Gasteiger partial charge in [0.2, 0.25) is 0 Å². The fourth-order valence-corrected chi connectivity index (χ4v) is 2.95. The second-order valence-electron chi connectivity index (χ2n) is 6.47. The van der Waals surface area contributed by atoms with Crippen LogP contribution in [0.5, 0.6) is 0 Å². The van der Waals surface area contributed by atoms with Gasteiger partial charge in [-0.3, -0.25) is 0 Å². The lowest BCUT2D eigenvalue weighted by molar-refractivity contribution is -0.915. The first kappa shape index (κ1) is 15.9. The van der Waals surface area contributed by atoms with E-state index in [4.69, 9.17) is 0 Å². The van der Waals surface area contributed by atoms with Crippen LogP contribution >= 0.6 is 0 Å². The van der Waals surface area contributed by atoms with Gasteiger partial charge in [-0.05, 0) is 19.1 Å². The van der Waals surface area contributed by atoms with Gasteiger partial charge in [-0.1, -0.05) is 37.0 Å². The summed E-state index contributed by atoms with van der Waals surface area (Å²) < 4.78 is 0. The van der Waals surface area contributed by atoms with E-state index >= 15 is 0 Å². The molecule has 3 nitrogen and oxygen atoms in total. The molecule has 1 aliphatic heterocycles. The van der Waals surface area contributed by atoms with Gasteiger partial charge in [-0.2, -0.15) is 0 Å². The van der Waals surface area contributed by atoms with Gasteiger partial charge in [-0.15, -0.1) is 0 Å². The van der Waals surface area contributed by atoms with Crippen molar-refractivity contribution in [1.29, 1.82) is 0 Å². The van der Waals surface area contributed by atoms with E-state index in [1.54, 1.807) is 0 Å². The van der Waals surface area contributed by atoms with E-state index in [2.05, 4.69) is 49.8 Å². The Labute approximate surface area is 128 Å². The first-order chi connectivity index (χ1) is 9.92. The van der Waals surface area contributed by atoms with Crippen LogP contribution < -0.4 is 9.80 Å². The number of nitrogens with zero attached hydrogens (tertiary/aromatic N) is 1. The number of hydrogen-bond donors (Lipinski definition) is 2. The molecule has 4 atom stereocenters. The summed E-state index contributed by atoms with van der Waals surface area (Å²) in [6, 6.07) is 10.6. The van der Waals surface area contributed by atoms with E-state index in [-0.39, 0.29) is 5.92 Å². The summed E-state index contributed by atoms with van der Waals surface area (Å²) in [6.07, 6.45) is 0.752. The van der Waals surface area contributed by atoms with Crippen molar-refractivity contribution < 1.29 is 10.0 Å². The van der Waals surface area contributed by atoms with Gasteiger partial charge in [0.15, 0.2) is 0 Å². The first-order valence-corrected chi connectivity index (χ1v) is 7.73. The maximum Gasteiger partial charge on any atom is 0.139 e. The molecule has 1 heterocycles. The molecule has 0 spiro atoms. The van der Waals surface area contributed by atoms with Gasteiger partial charge in [0.05, 0.1) is 26.2 Å². The molecule has 0 radical (unpaired) electrons. The van der Waals surface area contributed by atoms with Crippen LogP contribution in [0.15, 0.2) is 30.3 Å². The third-order valence-electron chi connectivity index (χ3n) is 4.72. The van der Waals surface area contributed by atoms with E-state index in [1.165, 1.54) is 4.90 Å². The van der Waals surface area contributed by atoms with Crippen LogP contribution in [-0.4, -0.2) is 43.9 Å². The van der Waals surface area contributed by atoms with Crippen LogP contribution in [-0.2, 0) is 0 Å². The number of nitrogens with one attached hydrogen (secondary N) is 1. The van der Waals surface area contributed by atoms with Crippen LogP contribution in [0.1, 0.15) is 20.3 Å². The molecule has 1 aliphatic rings. The summed E-state index contributed by atoms with van der Waals surface area (Å²) in [4.78, 5) is 3.58. The Hall–Kier alpha value is -1.50. The maximum atomic E-state index is 10.8. The predicted octanol–water partition coefficient (Wildman–Crippen LogP) is 0.800. The fraction of sp³-hybridized carbons (Fsp3) is 0.556. The van der Waals surface area contributed by atoms with Crippen molar-refractivity contribution in [3.8, 4) is 11.8 Å². The Morgan fingerprint density at radius 2 is 2.00 bits per heavy atom. The molecule has 3 heteroatoms. The number of benzene rings is 1. The molecule has 1 aromatic carbocycles. The van der Waals surface area contributed by atoms with Crippen molar-refractivity contribution >= 4 is 5.69 Å². The Kier molecular flexibility index (Phi) is 4.92. The number of hydrogen-bond acceptors (Lipinski definition) is 2. The van der Waals surface area contributed by atoms with E-state index in [9.17, 15) is 5.11 Å². The SMILES string of the molecule is C[C@@H]1C[C@](O)(C#CCN(C)c2ccccc2)[C@H](C)C[NH+]1C. The van der Waals surface area contributed by atoms with Crippen LogP contribution in [0.25, 0.3) is 0 Å². The van der Waals surface area contributed by atoms with Gasteiger partial charge in [0, 0.05) is 25.1 Å². The molecule has 0 amide bonds. The molecular weight excluding hydrogens is 260 g/mol. The minimum atomic E-state index is -0.837. The normalized spacial score (nSPS) is 32.1. The fourth-order valence-electron chi connectivity index (χ4n) is 2.95. The highest BCUT2D eigenvalue weighted by molar-refractivity contribution is 5.46. The zero-order valence-corrected chi connectivity index (χ0v) is 13.6. The number of piperidine rings is 1. The maximum absolute atomic E-state index is 10.8. The van der Waals surface area contributed by atoms with Crippen molar-refractivity contribution in [3.05, 3.63) is 30.3 Å². The van der Waals surface area contributed by atoms with Crippen molar-refractivity contribution in [2.45, 2.75) is 31.9 Å². The lowest BCUT2D eigenvalue weighted by atomic mass is 9.79. The molecule has 0 saturated carbocycles. The number of likely N-dealkylation sites (tertiary alicyclic amines) is 1. The Morgan fingerprint density at radius 1 is 1.33 bits per heavy atom. The van der Waals surface area contributed by atoms with Crippen LogP contribution in [0, 0.1) is 17.8 Å². The first-order valence-electron chi connectivity index (χ1n) is 7.73. The smallest absolute Gasteiger partial charge is 0.139 e. The molecule has 21 heavy (non-hydrogen) atoms.